The molecule has 4 nitrogen and oxygen atoms in total. The van der Waals surface area contributed by atoms with Crippen LogP contribution >= 0.6 is 22.6 Å². The van der Waals surface area contributed by atoms with Crippen LogP contribution in [0.5, 0.6) is 0 Å². The highest BCUT2D eigenvalue weighted by atomic mass is 127. The van der Waals surface area contributed by atoms with Gasteiger partial charge < -0.3 is 10.8 Å². The number of aromatic nitrogens is 1. The number of aliphatic carboxylic acids is 1. The number of pyridine rings is 1. The zero-order valence-electron chi connectivity index (χ0n) is 8.08. The first-order chi connectivity index (χ1) is 7.45. The highest BCUT2D eigenvalue weighted by molar-refractivity contribution is 14.1. The fourth-order valence-electron chi connectivity index (χ4n) is 1.21. The lowest BCUT2D eigenvalue weighted by Gasteiger charge is -2.09. The Balaban J connectivity index is 3.22. The predicted molar refractivity (Wildman–Crippen MR) is 61.1 cm³/mol. The number of carbonyl (C=O) groups is 1. The van der Waals surface area contributed by atoms with Crippen molar-refractivity contribution in [1.29, 1.82) is 0 Å². The SMILES string of the molecule is NCc1cc(I)c(C(F)F)nc1CC(=O)O. The maximum atomic E-state index is 12.5. The van der Waals surface area contributed by atoms with E-state index in [4.69, 9.17) is 10.8 Å². The molecule has 1 heterocycles. The van der Waals surface area contributed by atoms with E-state index in [9.17, 15) is 13.6 Å². The smallest absolute Gasteiger partial charge is 0.309 e. The fourth-order valence-corrected chi connectivity index (χ4v) is 1.94. The van der Waals surface area contributed by atoms with Crippen molar-refractivity contribution in [3.63, 3.8) is 0 Å². The number of carboxylic acid groups (broad SMARTS) is 1. The Morgan fingerprint density at radius 3 is 2.69 bits per heavy atom. The van der Waals surface area contributed by atoms with Gasteiger partial charge in [-0.15, -0.1) is 0 Å². The first kappa shape index (κ1) is 13.2. The molecule has 16 heavy (non-hydrogen) atoms. The number of nitrogens with zero attached hydrogens (tertiary/aromatic N) is 1. The Bertz CT molecular complexity index is 413. The first-order valence-electron chi connectivity index (χ1n) is 4.34. The summed E-state index contributed by atoms with van der Waals surface area (Å²) in [6.07, 6.45) is -3.12. The minimum atomic E-state index is -2.72. The van der Waals surface area contributed by atoms with Crippen LogP contribution in [-0.2, 0) is 17.8 Å². The lowest BCUT2D eigenvalue weighted by Crippen LogP contribution is -2.12. The monoisotopic (exact) mass is 342 g/mol. The largest absolute Gasteiger partial charge is 0.481 e. The minimum absolute atomic E-state index is 0.0785. The molecular weight excluding hydrogens is 333 g/mol. The van der Waals surface area contributed by atoms with Crippen molar-refractivity contribution < 1.29 is 18.7 Å². The Labute approximate surface area is 104 Å². The van der Waals surface area contributed by atoms with Gasteiger partial charge in [-0.3, -0.25) is 4.79 Å². The van der Waals surface area contributed by atoms with E-state index in [-0.39, 0.29) is 12.2 Å². The third kappa shape index (κ3) is 3.08. The van der Waals surface area contributed by atoms with Gasteiger partial charge in [0.25, 0.3) is 6.43 Å². The molecule has 0 atom stereocenters. The van der Waals surface area contributed by atoms with E-state index in [2.05, 4.69) is 4.98 Å². The van der Waals surface area contributed by atoms with Gasteiger partial charge in [0.1, 0.15) is 5.69 Å². The van der Waals surface area contributed by atoms with Crippen LogP contribution in [-0.4, -0.2) is 16.1 Å². The second-order valence-corrected chi connectivity index (χ2v) is 4.20. The van der Waals surface area contributed by atoms with Gasteiger partial charge in [0.05, 0.1) is 12.1 Å². The number of alkyl halides is 2. The zero-order chi connectivity index (χ0) is 12.3. The Hall–Kier alpha value is -0.830. The standard InChI is InChI=1S/C9H9F2IN2O2/c10-9(11)8-5(12)1-4(3-13)6(14-8)2-7(15)16/h1,9H,2-3,13H2,(H,15,16). The Kier molecular flexibility index (Phi) is 4.54. The Morgan fingerprint density at radius 1 is 1.62 bits per heavy atom. The van der Waals surface area contributed by atoms with Gasteiger partial charge in [-0.2, -0.15) is 0 Å². The van der Waals surface area contributed by atoms with E-state index in [1.165, 1.54) is 6.07 Å². The number of rotatable bonds is 4. The molecule has 0 aliphatic heterocycles. The number of halogens is 3. The van der Waals surface area contributed by atoms with Crippen molar-refractivity contribution >= 4 is 28.6 Å². The van der Waals surface area contributed by atoms with Gasteiger partial charge in [0, 0.05) is 10.1 Å². The molecule has 0 radical (unpaired) electrons. The summed E-state index contributed by atoms with van der Waals surface area (Å²) in [4.78, 5) is 14.2. The van der Waals surface area contributed by atoms with E-state index in [0.717, 1.165) is 0 Å². The molecule has 0 amide bonds. The summed E-state index contributed by atoms with van der Waals surface area (Å²) in [5.41, 5.74) is 5.59. The summed E-state index contributed by atoms with van der Waals surface area (Å²) in [5, 5.41) is 8.62. The molecule has 1 rings (SSSR count). The van der Waals surface area contributed by atoms with Crippen molar-refractivity contribution in [2.75, 3.05) is 0 Å². The normalized spacial score (nSPS) is 10.8. The maximum Gasteiger partial charge on any atom is 0.309 e. The van der Waals surface area contributed by atoms with Gasteiger partial charge >= 0.3 is 5.97 Å². The van der Waals surface area contributed by atoms with Gasteiger partial charge in [-0.25, -0.2) is 13.8 Å². The van der Waals surface area contributed by atoms with E-state index in [0.29, 0.717) is 9.13 Å². The van der Waals surface area contributed by atoms with Crippen LogP contribution in [0.2, 0.25) is 0 Å². The van der Waals surface area contributed by atoms with Crippen LogP contribution in [0.1, 0.15) is 23.4 Å². The molecule has 3 N–H and O–H groups in total. The topological polar surface area (TPSA) is 76.2 Å². The van der Waals surface area contributed by atoms with Crippen LogP contribution in [0.3, 0.4) is 0 Å². The van der Waals surface area contributed by atoms with Crippen LogP contribution in [0.4, 0.5) is 8.78 Å². The van der Waals surface area contributed by atoms with Crippen molar-refractivity contribution in [1.82, 2.24) is 4.98 Å². The molecule has 0 saturated heterocycles. The summed E-state index contributed by atoms with van der Waals surface area (Å²) in [6, 6.07) is 1.45. The van der Waals surface area contributed by atoms with Gasteiger partial charge in [-0.05, 0) is 34.2 Å². The molecule has 0 saturated carbocycles. The van der Waals surface area contributed by atoms with Crippen molar-refractivity contribution in [2.24, 2.45) is 5.73 Å². The summed E-state index contributed by atoms with van der Waals surface area (Å²) < 4.78 is 25.4. The van der Waals surface area contributed by atoms with Crippen molar-refractivity contribution in [2.45, 2.75) is 19.4 Å². The average Bonchev–Trinajstić information content (AvgIpc) is 2.18. The van der Waals surface area contributed by atoms with Gasteiger partial charge in [0.2, 0.25) is 0 Å². The quantitative estimate of drug-likeness (QED) is 0.817. The van der Waals surface area contributed by atoms with E-state index in [1.54, 1.807) is 22.6 Å². The van der Waals surface area contributed by atoms with Crippen molar-refractivity contribution in [3.8, 4) is 0 Å². The molecule has 0 aromatic carbocycles. The molecule has 88 valence electrons. The molecule has 0 spiro atoms. The van der Waals surface area contributed by atoms with Crippen molar-refractivity contribution in [3.05, 3.63) is 26.6 Å². The van der Waals surface area contributed by atoms with E-state index >= 15 is 0 Å². The number of carboxylic acids is 1. The molecule has 0 aliphatic rings. The summed E-state index contributed by atoms with van der Waals surface area (Å²) in [5.74, 6) is -1.12. The molecule has 0 fully saturated rings. The molecule has 0 bridgehead atoms. The highest BCUT2D eigenvalue weighted by Gasteiger charge is 2.18. The van der Waals surface area contributed by atoms with Crippen LogP contribution in [0.15, 0.2) is 6.07 Å². The average molecular weight is 342 g/mol. The lowest BCUT2D eigenvalue weighted by atomic mass is 10.1. The summed E-state index contributed by atoms with van der Waals surface area (Å²) >= 11 is 1.73. The third-order valence-electron chi connectivity index (χ3n) is 1.92. The zero-order valence-corrected chi connectivity index (χ0v) is 10.2. The second-order valence-electron chi connectivity index (χ2n) is 3.04. The Morgan fingerprint density at radius 2 is 2.25 bits per heavy atom. The molecular formula is C9H9F2IN2O2. The number of nitrogens with two attached hydrogens (primary N) is 1. The van der Waals surface area contributed by atoms with E-state index in [1.807, 2.05) is 0 Å². The van der Waals surface area contributed by atoms with Gasteiger partial charge in [0.15, 0.2) is 0 Å². The molecule has 1 aromatic rings. The summed E-state index contributed by atoms with van der Waals surface area (Å²) in [6.45, 7) is 0.0785. The summed E-state index contributed by atoms with van der Waals surface area (Å²) in [7, 11) is 0. The second kappa shape index (κ2) is 5.48. The van der Waals surface area contributed by atoms with Crippen LogP contribution in [0.25, 0.3) is 0 Å². The molecule has 7 heteroatoms. The first-order valence-corrected chi connectivity index (χ1v) is 5.41. The van der Waals surface area contributed by atoms with Crippen LogP contribution in [0, 0.1) is 3.57 Å². The number of hydrogen-bond acceptors (Lipinski definition) is 3. The van der Waals surface area contributed by atoms with Crippen LogP contribution < -0.4 is 5.73 Å². The highest BCUT2D eigenvalue weighted by Crippen LogP contribution is 2.24. The predicted octanol–water partition coefficient (Wildman–Crippen LogP) is 1.71. The maximum absolute atomic E-state index is 12.5. The minimum Gasteiger partial charge on any atom is -0.481 e. The van der Waals surface area contributed by atoms with Gasteiger partial charge in [-0.1, -0.05) is 0 Å². The molecule has 1 aromatic heterocycles. The van der Waals surface area contributed by atoms with E-state index < -0.39 is 24.5 Å². The molecule has 0 aliphatic carbocycles. The third-order valence-corrected chi connectivity index (χ3v) is 2.78. The lowest BCUT2D eigenvalue weighted by molar-refractivity contribution is -0.136. The number of hydrogen-bond donors (Lipinski definition) is 2. The fraction of sp³-hybridized carbons (Fsp3) is 0.333. The molecule has 0 unspecified atom stereocenters.